The van der Waals surface area contributed by atoms with E-state index in [1.54, 1.807) is 39.2 Å². The van der Waals surface area contributed by atoms with Gasteiger partial charge in [0.05, 0.1) is 20.8 Å². The summed E-state index contributed by atoms with van der Waals surface area (Å²) in [4.78, 5) is 24.0. The molecule has 0 aliphatic heterocycles. The molecule has 0 saturated heterocycles. The largest absolute Gasteiger partial charge is 0.493 e. The molecule has 0 heterocycles. The van der Waals surface area contributed by atoms with Gasteiger partial charge in [0.25, 0.3) is 0 Å². The van der Waals surface area contributed by atoms with Crippen LogP contribution >= 0.6 is 0 Å². The van der Waals surface area contributed by atoms with Gasteiger partial charge in [-0.25, -0.2) is 0 Å². The first-order chi connectivity index (χ1) is 10.1. The summed E-state index contributed by atoms with van der Waals surface area (Å²) >= 11 is 0. The summed E-state index contributed by atoms with van der Waals surface area (Å²) in [6.07, 6.45) is 0.600. The zero-order valence-corrected chi connectivity index (χ0v) is 13.0. The number of esters is 1. The molecule has 1 aromatic carbocycles. The molecule has 0 aliphatic carbocycles. The number of benzene rings is 1. The van der Waals surface area contributed by atoms with Crippen LogP contribution in [0, 0.1) is 5.92 Å². The molecule has 116 valence electrons. The van der Waals surface area contributed by atoms with E-state index in [2.05, 4.69) is 0 Å². The van der Waals surface area contributed by atoms with Crippen LogP contribution in [0.2, 0.25) is 0 Å². The van der Waals surface area contributed by atoms with E-state index in [0.717, 1.165) is 5.56 Å². The first kappa shape index (κ1) is 17.0. The van der Waals surface area contributed by atoms with Gasteiger partial charge in [-0.1, -0.05) is 13.0 Å². The van der Waals surface area contributed by atoms with E-state index < -0.39 is 11.9 Å². The maximum absolute atomic E-state index is 12.2. The highest BCUT2D eigenvalue weighted by molar-refractivity contribution is 5.99. The smallest absolute Gasteiger partial charge is 0.316 e. The van der Waals surface area contributed by atoms with Gasteiger partial charge in [0, 0.05) is 6.42 Å². The second kappa shape index (κ2) is 8.29. The van der Waals surface area contributed by atoms with E-state index in [1.165, 1.54) is 7.11 Å². The van der Waals surface area contributed by atoms with Crippen molar-refractivity contribution in [3.8, 4) is 11.5 Å². The average molecular weight is 294 g/mol. The third-order valence-corrected chi connectivity index (χ3v) is 3.19. The molecule has 5 heteroatoms. The molecule has 5 nitrogen and oxygen atoms in total. The van der Waals surface area contributed by atoms with Crippen LogP contribution in [0.3, 0.4) is 0 Å². The fraction of sp³-hybridized carbons (Fsp3) is 0.500. The summed E-state index contributed by atoms with van der Waals surface area (Å²) in [5, 5.41) is 0. The van der Waals surface area contributed by atoms with E-state index in [0.29, 0.717) is 17.9 Å². The van der Waals surface area contributed by atoms with Crippen molar-refractivity contribution in [3.63, 3.8) is 0 Å². The topological polar surface area (TPSA) is 61.8 Å². The van der Waals surface area contributed by atoms with E-state index >= 15 is 0 Å². The lowest BCUT2D eigenvalue weighted by atomic mass is 9.95. The summed E-state index contributed by atoms with van der Waals surface area (Å²) < 4.78 is 15.3. The Hall–Kier alpha value is -2.04. The van der Waals surface area contributed by atoms with Gasteiger partial charge in [-0.05, 0) is 31.0 Å². The number of carbonyl (C=O) groups is 2. The Morgan fingerprint density at radius 1 is 1.10 bits per heavy atom. The first-order valence-electron chi connectivity index (χ1n) is 6.97. The predicted molar refractivity (Wildman–Crippen MR) is 78.7 cm³/mol. The van der Waals surface area contributed by atoms with Gasteiger partial charge in [-0.3, -0.25) is 9.59 Å². The predicted octanol–water partition coefficient (Wildman–Crippen LogP) is 2.40. The normalized spacial score (nSPS) is 11.6. The number of hydrogen-bond donors (Lipinski definition) is 0. The molecule has 1 aromatic rings. The van der Waals surface area contributed by atoms with Crippen LogP contribution in [0.25, 0.3) is 0 Å². The monoisotopic (exact) mass is 294 g/mol. The maximum atomic E-state index is 12.2. The molecule has 0 radical (unpaired) electrons. The quantitative estimate of drug-likeness (QED) is 0.544. The molecule has 0 saturated carbocycles. The van der Waals surface area contributed by atoms with Crippen LogP contribution in [0.4, 0.5) is 0 Å². The van der Waals surface area contributed by atoms with Crippen LogP contribution in [-0.4, -0.2) is 32.6 Å². The Morgan fingerprint density at radius 3 is 2.29 bits per heavy atom. The molecule has 1 atom stereocenters. The molecular formula is C16H22O5. The van der Waals surface area contributed by atoms with Crippen LogP contribution in [0.15, 0.2) is 18.2 Å². The zero-order valence-electron chi connectivity index (χ0n) is 13.0. The van der Waals surface area contributed by atoms with Crippen LogP contribution < -0.4 is 9.47 Å². The highest BCUT2D eigenvalue weighted by Crippen LogP contribution is 2.28. The molecule has 0 N–H and O–H groups in total. The zero-order chi connectivity index (χ0) is 15.8. The van der Waals surface area contributed by atoms with Crippen molar-refractivity contribution in [2.75, 3.05) is 20.8 Å². The first-order valence-corrected chi connectivity index (χ1v) is 6.97. The van der Waals surface area contributed by atoms with E-state index in [4.69, 9.17) is 14.2 Å². The summed E-state index contributed by atoms with van der Waals surface area (Å²) in [6, 6.07) is 5.28. The second-order valence-corrected chi connectivity index (χ2v) is 4.55. The molecular weight excluding hydrogens is 272 g/mol. The number of rotatable bonds is 8. The lowest BCUT2D eigenvalue weighted by molar-refractivity contribution is -0.151. The molecule has 0 aliphatic rings. The average Bonchev–Trinajstić information content (AvgIpc) is 2.48. The minimum absolute atomic E-state index is 0.150. The lowest BCUT2D eigenvalue weighted by Gasteiger charge is -2.13. The van der Waals surface area contributed by atoms with E-state index in [9.17, 15) is 9.59 Å². The minimum Gasteiger partial charge on any atom is -0.493 e. The summed E-state index contributed by atoms with van der Waals surface area (Å²) in [5.41, 5.74) is 0.778. The van der Waals surface area contributed by atoms with Crippen molar-refractivity contribution in [2.24, 2.45) is 5.92 Å². The van der Waals surface area contributed by atoms with Crippen molar-refractivity contribution in [2.45, 2.75) is 26.7 Å². The number of ether oxygens (including phenoxy) is 3. The van der Waals surface area contributed by atoms with Crippen molar-refractivity contribution >= 4 is 11.8 Å². The third kappa shape index (κ3) is 4.48. The van der Waals surface area contributed by atoms with Crippen molar-refractivity contribution in [1.29, 1.82) is 0 Å². The summed E-state index contributed by atoms with van der Waals surface area (Å²) in [7, 11) is 3.09. The molecule has 0 fully saturated rings. The van der Waals surface area contributed by atoms with Crippen molar-refractivity contribution < 1.29 is 23.8 Å². The SMILES string of the molecule is CCOC(=O)C(CC)C(=O)Cc1ccc(OC)c(OC)c1. The Balaban J connectivity index is 2.84. The number of ketones is 1. The van der Waals surface area contributed by atoms with Crippen LogP contribution in [0.1, 0.15) is 25.8 Å². The molecule has 1 unspecified atom stereocenters. The van der Waals surface area contributed by atoms with Crippen LogP contribution in [0.5, 0.6) is 11.5 Å². The summed E-state index contributed by atoms with van der Waals surface area (Å²) in [5.74, 6) is -0.148. The maximum Gasteiger partial charge on any atom is 0.316 e. The lowest BCUT2D eigenvalue weighted by Crippen LogP contribution is -2.27. The van der Waals surface area contributed by atoms with Gasteiger partial charge in [0.15, 0.2) is 17.3 Å². The van der Waals surface area contributed by atoms with E-state index in [1.807, 2.05) is 0 Å². The van der Waals surface area contributed by atoms with Crippen molar-refractivity contribution in [1.82, 2.24) is 0 Å². The highest BCUT2D eigenvalue weighted by Gasteiger charge is 2.26. The van der Waals surface area contributed by atoms with Gasteiger partial charge in [0.1, 0.15) is 5.92 Å². The van der Waals surface area contributed by atoms with Crippen LogP contribution in [-0.2, 0) is 20.7 Å². The number of hydrogen-bond acceptors (Lipinski definition) is 5. The fourth-order valence-corrected chi connectivity index (χ4v) is 2.08. The molecule has 1 rings (SSSR count). The number of carbonyl (C=O) groups excluding carboxylic acids is 2. The minimum atomic E-state index is -0.710. The van der Waals surface area contributed by atoms with Gasteiger partial charge in [-0.15, -0.1) is 0 Å². The summed E-state index contributed by atoms with van der Waals surface area (Å²) in [6.45, 7) is 3.80. The van der Waals surface area contributed by atoms with Gasteiger partial charge >= 0.3 is 5.97 Å². The molecule has 0 amide bonds. The fourth-order valence-electron chi connectivity index (χ4n) is 2.08. The Kier molecular flexibility index (Phi) is 6.72. The second-order valence-electron chi connectivity index (χ2n) is 4.55. The molecule has 0 aromatic heterocycles. The standard InChI is InChI=1S/C16H22O5/c1-5-12(16(18)21-6-2)13(17)9-11-7-8-14(19-3)15(10-11)20-4/h7-8,10,12H,5-6,9H2,1-4H3. The molecule has 0 spiro atoms. The molecule has 0 bridgehead atoms. The third-order valence-electron chi connectivity index (χ3n) is 3.19. The Morgan fingerprint density at radius 2 is 1.76 bits per heavy atom. The highest BCUT2D eigenvalue weighted by atomic mass is 16.5. The van der Waals surface area contributed by atoms with Gasteiger partial charge in [-0.2, -0.15) is 0 Å². The Bertz CT molecular complexity index is 495. The van der Waals surface area contributed by atoms with Gasteiger partial charge < -0.3 is 14.2 Å². The Labute approximate surface area is 125 Å². The van der Waals surface area contributed by atoms with Crippen molar-refractivity contribution in [3.05, 3.63) is 23.8 Å². The van der Waals surface area contributed by atoms with Gasteiger partial charge in [0.2, 0.25) is 0 Å². The number of Topliss-reactive ketones (excluding diaryl/α,β-unsaturated/α-hetero) is 1. The molecule has 21 heavy (non-hydrogen) atoms. The van der Waals surface area contributed by atoms with E-state index in [-0.39, 0.29) is 18.8 Å². The number of methoxy groups -OCH3 is 2.